The van der Waals surface area contributed by atoms with Crippen molar-refractivity contribution >= 4 is 15.9 Å². The molecule has 0 fully saturated rings. The largest absolute Gasteiger partial charge is 0.493 e. The van der Waals surface area contributed by atoms with Gasteiger partial charge in [-0.1, -0.05) is 15.9 Å². The summed E-state index contributed by atoms with van der Waals surface area (Å²) >= 11 is 3.46. The van der Waals surface area contributed by atoms with Gasteiger partial charge in [0.1, 0.15) is 0 Å². The van der Waals surface area contributed by atoms with Crippen LogP contribution in [-0.2, 0) is 11.4 Å². The molecule has 0 bridgehead atoms. The Morgan fingerprint density at radius 3 is 2.18 bits per heavy atom. The molecule has 6 heteroatoms. The van der Waals surface area contributed by atoms with E-state index in [1.165, 1.54) is 0 Å². The second-order valence-corrected chi connectivity index (χ2v) is 3.99. The molecule has 0 amide bonds. The third kappa shape index (κ3) is 3.02. The number of halogens is 1. The van der Waals surface area contributed by atoms with Crippen molar-refractivity contribution in [1.82, 2.24) is 5.48 Å². The number of hydrogen-bond donors (Lipinski definition) is 1. The van der Waals surface area contributed by atoms with E-state index in [2.05, 4.69) is 21.4 Å². The molecule has 0 saturated heterocycles. The van der Waals surface area contributed by atoms with Gasteiger partial charge in [-0.05, 0) is 6.07 Å². The summed E-state index contributed by atoms with van der Waals surface area (Å²) in [6.07, 6.45) is 0. The average molecular weight is 306 g/mol. The van der Waals surface area contributed by atoms with Crippen LogP contribution in [0.15, 0.2) is 10.5 Å². The van der Waals surface area contributed by atoms with Crippen molar-refractivity contribution < 1.29 is 19.0 Å². The minimum Gasteiger partial charge on any atom is -0.493 e. The number of nitrogens with one attached hydrogen (secondary N) is 1. The summed E-state index contributed by atoms with van der Waals surface area (Å²) in [6.45, 7) is 0.487. The van der Waals surface area contributed by atoms with Gasteiger partial charge in [-0.25, -0.2) is 0 Å². The van der Waals surface area contributed by atoms with E-state index in [0.717, 1.165) is 10.0 Å². The molecule has 0 radical (unpaired) electrons. The van der Waals surface area contributed by atoms with E-state index in [1.54, 1.807) is 28.4 Å². The average Bonchev–Trinajstić information content (AvgIpc) is 2.35. The monoisotopic (exact) mass is 305 g/mol. The summed E-state index contributed by atoms with van der Waals surface area (Å²) in [5.41, 5.74) is 3.66. The van der Waals surface area contributed by atoms with Gasteiger partial charge in [0.05, 0.1) is 35.0 Å². The Hall–Kier alpha value is -0.980. The lowest BCUT2D eigenvalue weighted by Gasteiger charge is -2.17. The van der Waals surface area contributed by atoms with E-state index in [0.29, 0.717) is 23.8 Å². The third-order valence-electron chi connectivity index (χ3n) is 2.27. The quantitative estimate of drug-likeness (QED) is 0.816. The van der Waals surface area contributed by atoms with Crippen molar-refractivity contribution in [1.29, 1.82) is 0 Å². The first-order chi connectivity index (χ1) is 8.19. The van der Waals surface area contributed by atoms with E-state index >= 15 is 0 Å². The minimum absolute atomic E-state index is 0.487. The maximum atomic E-state index is 5.36. The number of ether oxygens (including phenoxy) is 3. The van der Waals surface area contributed by atoms with Gasteiger partial charge in [0.25, 0.3) is 0 Å². The van der Waals surface area contributed by atoms with Gasteiger partial charge in [-0.15, -0.1) is 0 Å². The van der Waals surface area contributed by atoms with Gasteiger partial charge in [0.2, 0.25) is 5.75 Å². The van der Waals surface area contributed by atoms with E-state index in [-0.39, 0.29) is 0 Å². The number of hydroxylamine groups is 1. The smallest absolute Gasteiger partial charge is 0.203 e. The molecule has 5 nitrogen and oxygen atoms in total. The van der Waals surface area contributed by atoms with Crippen LogP contribution in [-0.4, -0.2) is 28.4 Å². The van der Waals surface area contributed by atoms with Crippen LogP contribution in [0.2, 0.25) is 0 Å². The fourth-order valence-electron chi connectivity index (χ4n) is 1.50. The molecule has 17 heavy (non-hydrogen) atoms. The van der Waals surface area contributed by atoms with Gasteiger partial charge < -0.3 is 19.0 Å². The van der Waals surface area contributed by atoms with Crippen LogP contribution in [0.4, 0.5) is 0 Å². The molecule has 0 spiro atoms. The molecule has 0 aliphatic carbocycles. The third-order valence-corrected chi connectivity index (χ3v) is 2.98. The van der Waals surface area contributed by atoms with E-state index in [4.69, 9.17) is 19.0 Å². The van der Waals surface area contributed by atoms with Crippen molar-refractivity contribution in [2.75, 3.05) is 28.4 Å². The Kier molecular flexibility index (Phi) is 5.54. The number of hydrogen-bond acceptors (Lipinski definition) is 5. The zero-order valence-corrected chi connectivity index (χ0v) is 11.9. The Labute approximate surface area is 109 Å². The summed E-state index contributed by atoms with van der Waals surface area (Å²) in [7, 11) is 6.29. The first kappa shape index (κ1) is 14.1. The number of benzene rings is 1. The predicted molar refractivity (Wildman–Crippen MR) is 67.6 cm³/mol. The van der Waals surface area contributed by atoms with Gasteiger partial charge in [0, 0.05) is 10.0 Å². The summed E-state index contributed by atoms with van der Waals surface area (Å²) in [4.78, 5) is 4.83. The molecular formula is C11H16BrNO4. The van der Waals surface area contributed by atoms with Crippen LogP contribution >= 0.6 is 15.9 Å². The number of methoxy groups -OCH3 is 3. The lowest BCUT2D eigenvalue weighted by Crippen LogP contribution is -2.13. The Balaban J connectivity index is 3.27. The molecule has 96 valence electrons. The van der Waals surface area contributed by atoms with E-state index < -0.39 is 0 Å². The van der Waals surface area contributed by atoms with E-state index in [9.17, 15) is 0 Å². The van der Waals surface area contributed by atoms with Crippen molar-refractivity contribution in [3.8, 4) is 17.2 Å². The second kappa shape index (κ2) is 6.68. The topological polar surface area (TPSA) is 49.0 Å². The summed E-state index contributed by atoms with van der Waals surface area (Å²) in [5.74, 6) is 1.78. The molecule has 0 aliphatic rings. The Bertz CT molecular complexity index is 384. The zero-order valence-electron chi connectivity index (χ0n) is 10.3. The van der Waals surface area contributed by atoms with Crippen molar-refractivity contribution in [3.63, 3.8) is 0 Å². The summed E-state index contributed by atoms with van der Waals surface area (Å²) < 4.78 is 16.7. The van der Waals surface area contributed by atoms with Gasteiger partial charge >= 0.3 is 0 Å². The van der Waals surface area contributed by atoms with Crippen molar-refractivity contribution in [2.24, 2.45) is 0 Å². The summed E-state index contributed by atoms with van der Waals surface area (Å²) in [6, 6.07) is 1.83. The number of rotatable bonds is 6. The lowest BCUT2D eigenvalue weighted by molar-refractivity contribution is 0.0858. The molecule has 0 atom stereocenters. The normalized spacial score (nSPS) is 10.2. The molecule has 1 N–H and O–H groups in total. The maximum Gasteiger partial charge on any atom is 0.203 e. The molecule has 1 aromatic rings. The molecule has 0 aliphatic heterocycles. The van der Waals surface area contributed by atoms with E-state index in [1.807, 2.05) is 6.07 Å². The van der Waals surface area contributed by atoms with Crippen LogP contribution in [0, 0.1) is 0 Å². The first-order valence-corrected chi connectivity index (χ1v) is 5.72. The van der Waals surface area contributed by atoms with Crippen LogP contribution < -0.4 is 19.7 Å². The minimum atomic E-state index is 0.487. The molecule has 0 aromatic heterocycles. The second-order valence-electron chi connectivity index (χ2n) is 3.13. The lowest BCUT2D eigenvalue weighted by atomic mass is 10.1. The highest BCUT2D eigenvalue weighted by Gasteiger charge is 2.19. The molecule has 1 rings (SSSR count). The fourth-order valence-corrected chi connectivity index (χ4v) is 2.02. The van der Waals surface area contributed by atoms with Crippen molar-refractivity contribution in [3.05, 3.63) is 16.1 Å². The van der Waals surface area contributed by atoms with Crippen LogP contribution in [0.5, 0.6) is 17.2 Å². The first-order valence-electron chi connectivity index (χ1n) is 4.92. The molecule has 0 unspecified atom stereocenters. The highest BCUT2D eigenvalue weighted by Crippen LogP contribution is 2.43. The van der Waals surface area contributed by atoms with Gasteiger partial charge in [-0.3, -0.25) is 0 Å². The van der Waals surface area contributed by atoms with Crippen LogP contribution in [0.1, 0.15) is 5.56 Å². The van der Waals surface area contributed by atoms with Crippen LogP contribution in [0.25, 0.3) is 0 Å². The van der Waals surface area contributed by atoms with Crippen LogP contribution in [0.3, 0.4) is 0 Å². The van der Waals surface area contributed by atoms with Crippen molar-refractivity contribution in [2.45, 2.75) is 6.54 Å². The Morgan fingerprint density at radius 1 is 1.06 bits per heavy atom. The standard InChI is InChI=1S/C11H16BrNO4/c1-14-9-5-8(12)7(6-13-17-4)10(15-2)11(9)16-3/h5,13H,6H2,1-4H3. The molecular weight excluding hydrogens is 290 g/mol. The highest BCUT2D eigenvalue weighted by atomic mass is 79.9. The highest BCUT2D eigenvalue weighted by molar-refractivity contribution is 9.10. The summed E-state index contributed by atoms with van der Waals surface area (Å²) in [5, 5.41) is 0. The van der Waals surface area contributed by atoms with Gasteiger partial charge in [-0.2, -0.15) is 5.48 Å². The molecule has 1 aromatic carbocycles. The zero-order chi connectivity index (χ0) is 12.8. The maximum absolute atomic E-state index is 5.36. The SMILES string of the molecule is CONCc1c(Br)cc(OC)c(OC)c1OC. The molecule has 0 heterocycles. The van der Waals surface area contributed by atoms with Gasteiger partial charge in [0.15, 0.2) is 11.5 Å². The fraction of sp³-hybridized carbons (Fsp3) is 0.455. The predicted octanol–water partition coefficient (Wildman–Crippen LogP) is 2.13. The molecule has 0 saturated carbocycles. The Morgan fingerprint density at radius 2 is 1.71 bits per heavy atom.